The smallest absolute Gasteiger partial charge is 0.271 e. The third-order valence-electron chi connectivity index (χ3n) is 4.05. The maximum atomic E-state index is 13.2. The summed E-state index contributed by atoms with van der Waals surface area (Å²) in [6, 6.07) is 16.2. The SMILES string of the molecule is COc1cc(/C=N\NC(=O)c2cccc(F)c2)cc(Br)c1OCc1ccccc1Cl. The first kappa shape index (κ1) is 21.8. The number of methoxy groups -OCH3 is 1. The Morgan fingerprint density at radius 2 is 2.00 bits per heavy atom. The highest BCUT2D eigenvalue weighted by atomic mass is 79.9. The van der Waals surface area contributed by atoms with Gasteiger partial charge in [0.1, 0.15) is 12.4 Å². The lowest BCUT2D eigenvalue weighted by Crippen LogP contribution is -2.17. The largest absolute Gasteiger partial charge is 0.493 e. The molecule has 0 spiro atoms. The molecular weight excluding hydrogens is 475 g/mol. The monoisotopic (exact) mass is 490 g/mol. The average Bonchev–Trinajstić information content (AvgIpc) is 2.73. The van der Waals surface area contributed by atoms with Crippen molar-refractivity contribution in [3.8, 4) is 11.5 Å². The van der Waals surface area contributed by atoms with Gasteiger partial charge in [-0.2, -0.15) is 5.10 Å². The zero-order valence-electron chi connectivity index (χ0n) is 15.9. The average molecular weight is 492 g/mol. The molecule has 0 saturated heterocycles. The van der Waals surface area contributed by atoms with Crippen LogP contribution in [0.25, 0.3) is 0 Å². The predicted octanol–water partition coefficient (Wildman–Crippen LogP) is 5.59. The molecule has 1 N–H and O–H groups in total. The van der Waals surface area contributed by atoms with Crippen LogP contribution >= 0.6 is 27.5 Å². The first-order valence-electron chi connectivity index (χ1n) is 8.80. The van der Waals surface area contributed by atoms with E-state index in [0.29, 0.717) is 26.6 Å². The first-order chi connectivity index (χ1) is 14.5. The highest BCUT2D eigenvalue weighted by molar-refractivity contribution is 9.10. The molecule has 1 amide bonds. The number of carbonyl (C=O) groups excluding carboxylic acids is 1. The van der Waals surface area contributed by atoms with Crippen LogP contribution in [0.4, 0.5) is 4.39 Å². The van der Waals surface area contributed by atoms with E-state index in [0.717, 1.165) is 11.6 Å². The normalized spacial score (nSPS) is 10.8. The van der Waals surface area contributed by atoms with Crippen molar-refractivity contribution in [1.29, 1.82) is 0 Å². The van der Waals surface area contributed by atoms with Crippen molar-refractivity contribution in [3.05, 3.63) is 92.7 Å². The van der Waals surface area contributed by atoms with Gasteiger partial charge in [-0.25, -0.2) is 9.82 Å². The molecule has 0 aliphatic carbocycles. The van der Waals surface area contributed by atoms with Gasteiger partial charge in [0.05, 0.1) is 17.8 Å². The van der Waals surface area contributed by atoms with E-state index in [4.69, 9.17) is 21.1 Å². The lowest BCUT2D eigenvalue weighted by Gasteiger charge is -2.14. The Labute approximate surface area is 186 Å². The highest BCUT2D eigenvalue weighted by Crippen LogP contribution is 2.37. The fourth-order valence-electron chi connectivity index (χ4n) is 2.58. The second-order valence-electron chi connectivity index (χ2n) is 6.12. The van der Waals surface area contributed by atoms with Crippen LogP contribution in [0.5, 0.6) is 11.5 Å². The molecule has 0 fully saturated rings. The highest BCUT2D eigenvalue weighted by Gasteiger charge is 2.12. The Morgan fingerprint density at radius 3 is 2.73 bits per heavy atom. The fraction of sp³-hybridized carbons (Fsp3) is 0.0909. The minimum absolute atomic E-state index is 0.175. The van der Waals surface area contributed by atoms with Gasteiger partial charge < -0.3 is 9.47 Å². The van der Waals surface area contributed by atoms with Crippen LogP contribution < -0.4 is 14.9 Å². The maximum absolute atomic E-state index is 13.2. The Morgan fingerprint density at radius 1 is 1.20 bits per heavy atom. The Hall–Kier alpha value is -2.90. The summed E-state index contributed by atoms with van der Waals surface area (Å²) >= 11 is 9.64. The van der Waals surface area contributed by atoms with Gasteiger partial charge in [-0.05, 0) is 57.9 Å². The number of amides is 1. The van der Waals surface area contributed by atoms with E-state index < -0.39 is 11.7 Å². The van der Waals surface area contributed by atoms with Crippen molar-refractivity contribution in [2.45, 2.75) is 6.61 Å². The van der Waals surface area contributed by atoms with Gasteiger partial charge >= 0.3 is 0 Å². The van der Waals surface area contributed by atoms with E-state index in [1.165, 1.54) is 31.5 Å². The van der Waals surface area contributed by atoms with Gasteiger partial charge in [0.15, 0.2) is 11.5 Å². The summed E-state index contributed by atoms with van der Waals surface area (Å²) in [4.78, 5) is 12.0. The van der Waals surface area contributed by atoms with Crippen LogP contribution in [0.1, 0.15) is 21.5 Å². The van der Waals surface area contributed by atoms with E-state index in [9.17, 15) is 9.18 Å². The lowest BCUT2D eigenvalue weighted by molar-refractivity contribution is 0.0954. The van der Waals surface area contributed by atoms with Crippen LogP contribution in [0.15, 0.2) is 70.2 Å². The molecule has 0 aromatic heterocycles. The Bertz CT molecular complexity index is 1090. The molecule has 0 bridgehead atoms. The molecule has 5 nitrogen and oxygen atoms in total. The number of nitrogens with one attached hydrogen (secondary N) is 1. The number of hydrogen-bond donors (Lipinski definition) is 1. The molecule has 3 aromatic rings. The van der Waals surface area contributed by atoms with Gasteiger partial charge in [-0.15, -0.1) is 0 Å². The molecular formula is C22H17BrClFN2O3. The van der Waals surface area contributed by atoms with E-state index in [-0.39, 0.29) is 12.2 Å². The van der Waals surface area contributed by atoms with Crippen LogP contribution in [0, 0.1) is 5.82 Å². The summed E-state index contributed by atoms with van der Waals surface area (Å²) in [5.41, 5.74) is 4.04. The molecule has 0 atom stereocenters. The molecule has 0 saturated carbocycles. The van der Waals surface area contributed by atoms with Gasteiger partial charge in [0, 0.05) is 16.1 Å². The van der Waals surface area contributed by atoms with Crippen molar-refractivity contribution in [2.75, 3.05) is 7.11 Å². The third kappa shape index (κ3) is 5.58. The predicted molar refractivity (Wildman–Crippen MR) is 118 cm³/mol. The summed E-state index contributed by atoms with van der Waals surface area (Å²) in [6.07, 6.45) is 1.45. The molecule has 30 heavy (non-hydrogen) atoms. The minimum Gasteiger partial charge on any atom is -0.493 e. The molecule has 154 valence electrons. The van der Waals surface area contributed by atoms with Crippen LogP contribution in [0.3, 0.4) is 0 Å². The number of nitrogens with zero attached hydrogens (tertiary/aromatic N) is 1. The van der Waals surface area contributed by atoms with Gasteiger partial charge in [0.2, 0.25) is 0 Å². The minimum atomic E-state index is -0.517. The molecule has 0 aliphatic rings. The summed E-state index contributed by atoms with van der Waals surface area (Å²) in [7, 11) is 1.52. The first-order valence-corrected chi connectivity index (χ1v) is 9.97. The number of ether oxygens (including phenoxy) is 2. The fourth-order valence-corrected chi connectivity index (χ4v) is 3.34. The maximum Gasteiger partial charge on any atom is 0.271 e. The second kappa shape index (κ2) is 10.2. The van der Waals surface area contributed by atoms with Crippen molar-refractivity contribution < 1.29 is 18.7 Å². The Balaban J connectivity index is 1.71. The molecule has 8 heteroatoms. The standard InChI is InChI=1S/C22H17BrClFN2O3/c1-29-20-10-14(12-26-27-22(28)15-6-4-7-17(25)11-15)9-18(23)21(20)30-13-16-5-2-3-8-19(16)24/h2-12H,13H2,1H3,(H,27,28)/b26-12-. The van der Waals surface area contributed by atoms with Gasteiger partial charge in [0.25, 0.3) is 5.91 Å². The number of hydrazone groups is 1. The number of hydrogen-bond acceptors (Lipinski definition) is 4. The molecule has 3 rings (SSSR count). The van der Waals surface area contributed by atoms with Crippen molar-refractivity contribution in [1.82, 2.24) is 5.43 Å². The van der Waals surface area contributed by atoms with E-state index in [1.807, 2.05) is 18.2 Å². The zero-order chi connectivity index (χ0) is 21.5. The summed E-state index contributed by atoms with van der Waals surface area (Å²) < 4.78 is 25.2. The van der Waals surface area contributed by atoms with E-state index in [2.05, 4.69) is 26.5 Å². The molecule has 0 unspecified atom stereocenters. The van der Waals surface area contributed by atoms with Crippen LogP contribution in [0.2, 0.25) is 5.02 Å². The molecule has 0 aliphatic heterocycles. The van der Waals surface area contributed by atoms with Gasteiger partial charge in [-0.1, -0.05) is 35.9 Å². The summed E-state index contributed by atoms with van der Waals surface area (Å²) in [6.45, 7) is 0.270. The van der Waals surface area contributed by atoms with Gasteiger partial charge in [-0.3, -0.25) is 4.79 Å². The molecule has 0 radical (unpaired) electrons. The lowest BCUT2D eigenvalue weighted by atomic mass is 10.2. The molecule has 3 aromatic carbocycles. The number of carbonyl (C=O) groups is 1. The van der Waals surface area contributed by atoms with E-state index >= 15 is 0 Å². The number of halogens is 3. The Kier molecular flexibility index (Phi) is 7.43. The van der Waals surface area contributed by atoms with Crippen molar-refractivity contribution in [3.63, 3.8) is 0 Å². The summed E-state index contributed by atoms with van der Waals surface area (Å²) in [5, 5.41) is 4.53. The third-order valence-corrected chi connectivity index (χ3v) is 5.01. The molecule has 0 heterocycles. The second-order valence-corrected chi connectivity index (χ2v) is 7.39. The summed E-state index contributed by atoms with van der Waals surface area (Å²) in [5.74, 6) is -0.0168. The van der Waals surface area contributed by atoms with Crippen molar-refractivity contribution in [2.24, 2.45) is 5.10 Å². The zero-order valence-corrected chi connectivity index (χ0v) is 18.2. The van der Waals surface area contributed by atoms with Crippen LogP contribution in [-0.2, 0) is 6.61 Å². The number of rotatable bonds is 7. The quantitative estimate of drug-likeness (QED) is 0.346. The topological polar surface area (TPSA) is 59.9 Å². The number of benzene rings is 3. The van der Waals surface area contributed by atoms with Crippen molar-refractivity contribution >= 4 is 39.7 Å². The van der Waals surface area contributed by atoms with E-state index in [1.54, 1.807) is 18.2 Å². The van der Waals surface area contributed by atoms with Crippen LogP contribution in [-0.4, -0.2) is 19.2 Å².